The van der Waals surface area contributed by atoms with Crippen LogP contribution < -0.4 is 4.90 Å². The lowest BCUT2D eigenvalue weighted by molar-refractivity contribution is 0.281. The van der Waals surface area contributed by atoms with Crippen molar-refractivity contribution in [3.05, 3.63) is 54.0 Å². The molecule has 2 heterocycles. The highest BCUT2D eigenvalue weighted by Gasteiger charge is 2.07. The normalized spacial score (nSPS) is 10.3. The molecular weight excluding hydrogens is 226 g/mol. The second-order valence-corrected chi connectivity index (χ2v) is 4.14. The molecule has 0 aliphatic heterocycles. The summed E-state index contributed by atoms with van der Waals surface area (Å²) >= 11 is 0. The van der Waals surface area contributed by atoms with Crippen LogP contribution in [0.5, 0.6) is 0 Å². The van der Waals surface area contributed by atoms with Crippen LogP contribution in [0.2, 0.25) is 0 Å². The Kier molecular flexibility index (Phi) is 4.25. The number of aliphatic hydroxyl groups is 1. The lowest BCUT2D eigenvalue weighted by atomic mass is 10.2. The Balaban J connectivity index is 2.01. The van der Waals surface area contributed by atoms with E-state index in [9.17, 15) is 5.11 Å². The molecule has 2 aromatic rings. The van der Waals surface area contributed by atoms with Crippen LogP contribution in [0.4, 0.5) is 5.82 Å². The van der Waals surface area contributed by atoms with Crippen molar-refractivity contribution in [2.24, 2.45) is 0 Å². The third-order valence-corrected chi connectivity index (χ3v) is 2.83. The first-order valence-electron chi connectivity index (χ1n) is 5.97. The number of hydrogen-bond acceptors (Lipinski definition) is 4. The summed E-state index contributed by atoms with van der Waals surface area (Å²) in [4.78, 5) is 10.6. The molecule has 0 aromatic carbocycles. The Morgan fingerprint density at radius 1 is 1.11 bits per heavy atom. The molecule has 0 unspecified atom stereocenters. The highest BCUT2D eigenvalue weighted by atomic mass is 16.3. The van der Waals surface area contributed by atoms with Gasteiger partial charge in [-0.25, -0.2) is 4.98 Å². The molecule has 0 aliphatic rings. The molecule has 0 saturated carbocycles. The van der Waals surface area contributed by atoms with E-state index in [4.69, 9.17) is 0 Å². The number of aliphatic hydroxyl groups excluding tert-OH is 1. The summed E-state index contributed by atoms with van der Waals surface area (Å²) in [7, 11) is 1.98. The van der Waals surface area contributed by atoms with Gasteiger partial charge in [-0.2, -0.15) is 0 Å². The number of anilines is 1. The van der Waals surface area contributed by atoms with Gasteiger partial charge in [0.2, 0.25) is 0 Å². The van der Waals surface area contributed by atoms with Crippen molar-refractivity contribution in [2.45, 2.75) is 13.0 Å². The first kappa shape index (κ1) is 12.5. The van der Waals surface area contributed by atoms with Gasteiger partial charge >= 0.3 is 0 Å². The molecule has 0 fully saturated rings. The van der Waals surface area contributed by atoms with Gasteiger partial charge in [0.1, 0.15) is 5.82 Å². The number of aromatic nitrogens is 2. The Labute approximate surface area is 107 Å². The standard InChI is InChI=1S/C14H17N3O/c1-17(10-7-13-6-2-3-8-15-13)14-12(11-18)5-4-9-16-14/h2-6,8-9,18H,7,10-11H2,1H3. The fourth-order valence-corrected chi connectivity index (χ4v) is 1.83. The summed E-state index contributed by atoms with van der Waals surface area (Å²) in [5.74, 6) is 0.830. The molecule has 0 atom stereocenters. The van der Waals surface area contributed by atoms with Crippen LogP contribution in [-0.2, 0) is 13.0 Å². The van der Waals surface area contributed by atoms with E-state index < -0.39 is 0 Å². The molecule has 0 aliphatic carbocycles. The fraction of sp³-hybridized carbons (Fsp3) is 0.286. The molecule has 0 radical (unpaired) electrons. The molecule has 18 heavy (non-hydrogen) atoms. The lowest BCUT2D eigenvalue weighted by Crippen LogP contribution is -2.23. The smallest absolute Gasteiger partial charge is 0.133 e. The Morgan fingerprint density at radius 3 is 2.67 bits per heavy atom. The SMILES string of the molecule is CN(CCc1ccccn1)c1ncccc1CO. The first-order chi connectivity index (χ1) is 8.81. The van der Waals surface area contributed by atoms with Crippen molar-refractivity contribution in [3.63, 3.8) is 0 Å². The molecule has 2 rings (SSSR count). The summed E-state index contributed by atoms with van der Waals surface area (Å²) in [5, 5.41) is 9.27. The molecule has 94 valence electrons. The van der Waals surface area contributed by atoms with E-state index in [1.807, 2.05) is 42.3 Å². The minimum Gasteiger partial charge on any atom is -0.392 e. The molecule has 2 aromatic heterocycles. The Hall–Kier alpha value is -1.94. The zero-order valence-corrected chi connectivity index (χ0v) is 10.5. The summed E-state index contributed by atoms with van der Waals surface area (Å²) in [6.07, 6.45) is 4.40. The van der Waals surface area contributed by atoms with Gasteiger partial charge in [-0.3, -0.25) is 4.98 Å². The summed E-state index contributed by atoms with van der Waals surface area (Å²) in [5.41, 5.74) is 1.91. The zero-order chi connectivity index (χ0) is 12.8. The zero-order valence-electron chi connectivity index (χ0n) is 10.5. The van der Waals surface area contributed by atoms with Crippen LogP contribution in [0.1, 0.15) is 11.3 Å². The van der Waals surface area contributed by atoms with Gasteiger partial charge in [0, 0.05) is 43.7 Å². The van der Waals surface area contributed by atoms with Gasteiger partial charge in [-0.05, 0) is 18.2 Å². The molecule has 0 spiro atoms. The molecule has 0 amide bonds. The third-order valence-electron chi connectivity index (χ3n) is 2.83. The van der Waals surface area contributed by atoms with Gasteiger partial charge in [0.15, 0.2) is 0 Å². The highest BCUT2D eigenvalue weighted by Crippen LogP contribution is 2.15. The Bertz CT molecular complexity index is 487. The summed E-state index contributed by atoms with van der Waals surface area (Å²) in [6.45, 7) is 0.831. The number of pyridine rings is 2. The van der Waals surface area contributed by atoms with Gasteiger partial charge in [0.25, 0.3) is 0 Å². The van der Waals surface area contributed by atoms with E-state index in [2.05, 4.69) is 9.97 Å². The average molecular weight is 243 g/mol. The third kappa shape index (κ3) is 3.05. The van der Waals surface area contributed by atoms with Crippen LogP contribution >= 0.6 is 0 Å². The predicted octanol–water partition coefficient (Wildman–Crippen LogP) is 1.65. The van der Waals surface area contributed by atoms with Crippen molar-refractivity contribution >= 4 is 5.82 Å². The van der Waals surface area contributed by atoms with E-state index in [1.54, 1.807) is 12.4 Å². The monoisotopic (exact) mass is 243 g/mol. The quantitative estimate of drug-likeness (QED) is 0.867. The van der Waals surface area contributed by atoms with Crippen LogP contribution in [-0.4, -0.2) is 28.7 Å². The van der Waals surface area contributed by atoms with E-state index in [1.165, 1.54) is 0 Å². The van der Waals surface area contributed by atoms with E-state index in [0.29, 0.717) is 0 Å². The summed E-state index contributed by atoms with van der Waals surface area (Å²) < 4.78 is 0. The van der Waals surface area contributed by atoms with Crippen molar-refractivity contribution in [2.75, 3.05) is 18.5 Å². The molecular formula is C14H17N3O. The van der Waals surface area contributed by atoms with E-state index in [0.717, 1.165) is 30.0 Å². The van der Waals surface area contributed by atoms with Crippen molar-refractivity contribution < 1.29 is 5.11 Å². The molecule has 1 N–H and O–H groups in total. The van der Waals surface area contributed by atoms with Gasteiger partial charge in [-0.15, -0.1) is 0 Å². The van der Waals surface area contributed by atoms with Gasteiger partial charge in [0.05, 0.1) is 6.61 Å². The fourth-order valence-electron chi connectivity index (χ4n) is 1.83. The van der Waals surface area contributed by atoms with Crippen LogP contribution in [0, 0.1) is 0 Å². The van der Waals surface area contributed by atoms with Crippen LogP contribution in [0.25, 0.3) is 0 Å². The number of rotatable bonds is 5. The van der Waals surface area contributed by atoms with E-state index >= 15 is 0 Å². The van der Waals surface area contributed by atoms with Crippen molar-refractivity contribution in [3.8, 4) is 0 Å². The Morgan fingerprint density at radius 2 is 1.94 bits per heavy atom. The predicted molar refractivity (Wildman–Crippen MR) is 71.4 cm³/mol. The molecule has 0 bridgehead atoms. The minimum atomic E-state index is 0.0110. The lowest BCUT2D eigenvalue weighted by Gasteiger charge is -2.20. The van der Waals surface area contributed by atoms with Crippen LogP contribution in [0.3, 0.4) is 0 Å². The van der Waals surface area contributed by atoms with Crippen molar-refractivity contribution in [1.82, 2.24) is 9.97 Å². The van der Waals surface area contributed by atoms with Gasteiger partial charge < -0.3 is 10.0 Å². The molecule has 0 saturated heterocycles. The molecule has 4 nitrogen and oxygen atoms in total. The average Bonchev–Trinajstić information content (AvgIpc) is 2.45. The van der Waals surface area contributed by atoms with Crippen LogP contribution in [0.15, 0.2) is 42.7 Å². The van der Waals surface area contributed by atoms with Crippen molar-refractivity contribution in [1.29, 1.82) is 0 Å². The minimum absolute atomic E-state index is 0.0110. The summed E-state index contributed by atoms with van der Waals surface area (Å²) in [6, 6.07) is 9.64. The molecule has 4 heteroatoms. The maximum atomic E-state index is 9.27. The number of hydrogen-bond donors (Lipinski definition) is 1. The number of likely N-dealkylation sites (N-methyl/N-ethyl adjacent to an activating group) is 1. The second kappa shape index (κ2) is 6.12. The van der Waals surface area contributed by atoms with Gasteiger partial charge in [-0.1, -0.05) is 12.1 Å². The van der Waals surface area contributed by atoms with E-state index in [-0.39, 0.29) is 6.61 Å². The largest absolute Gasteiger partial charge is 0.392 e. The maximum absolute atomic E-state index is 9.27. The highest BCUT2D eigenvalue weighted by molar-refractivity contribution is 5.45. The second-order valence-electron chi connectivity index (χ2n) is 4.14. The maximum Gasteiger partial charge on any atom is 0.133 e. The topological polar surface area (TPSA) is 49.2 Å². The number of nitrogens with zero attached hydrogens (tertiary/aromatic N) is 3. The first-order valence-corrected chi connectivity index (χ1v) is 5.97.